The molecular weight excluding hydrogens is 426 g/mol. The molecule has 0 amide bonds. The molecule has 1 N–H and O–H groups in total. The molecule has 8 heteroatoms. The van der Waals surface area contributed by atoms with Gasteiger partial charge in [0.05, 0.1) is 18.1 Å². The molecule has 0 fully saturated rings. The number of aromatic nitrogens is 2. The summed E-state index contributed by atoms with van der Waals surface area (Å²) in [5.41, 5.74) is 2.49. The van der Waals surface area contributed by atoms with Gasteiger partial charge in [-0.25, -0.2) is 14.8 Å². The first kappa shape index (κ1) is 20.3. The number of anilines is 1. The molecule has 7 nitrogen and oxygen atoms in total. The van der Waals surface area contributed by atoms with E-state index in [1.165, 1.54) is 12.0 Å². The van der Waals surface area contributed by atoms with E-state index in [2.05, 4.69) is 18.3 Å². The lowest BCUT2D eigenvalue weighted by atomic mass is 10.1. The van der Waals surface area contributed by atoms with Crippen molar-refractivity contribution in [2.75, 3.05) is 25.8 Å². The Balaban J connectivity index is 1.39. The van der Waals surface area contributed by atoms with Gasteiger partial charge in [0.1, 0.15) is 10.6 Å². The van der Waals surface area contributed by atoms with Gasteiger partial charge in [0.25, 0.3) is 0 Å². The Morgan fingerprint density at radius 1 is 1.09 bits per heavy atom. The number of aryl methyl sites for hydroxylation is 1. The van der Waals surface area contributed by atoms with Crippen LogP contribution >= 0.6 is 11.3 Å². The van der Waals surface area contributed by atoms with Crippen molar-refractivity contribution in [3.05, 3.63) is 64.5 Å². The molecule has 1 aliphatic rings. The maximum absolute atomic E-state index is 11.7. The second kappa shape index (κ2) is 8.47. The number of methoxy groups -OCH3 is 1. The van der Waals surface area contributed by atoms with E-state index in [0.717, 1.165) is 45.1 Å². The standard InChI is InChI=1S/C24H21N3O4S/c1-14-11-18-22(25-10-9-15-3-8-19-20(12-15)31-13-30-19)26-21(27-23(18)32-14)16-4-6-17(7-5-16)24(28)29-2/h3-8,11-12H,9-10,13H2,1-2H3,(H,25,26,27). The van der Waals surface area contributed by atoms with Gasteiger partial charge in [0.15, 0.2) is 17.3 Å². The second-order valence-electron chi connectivity index (χ2n) is 7.41. The van der Waals surface area contributed by atoms with Gasteiger partial charge in [0, 0.05) is 17.0 Å². The largest absolute Gasteiger partial charge is 0.465 e. The van der Waals surface area contributed by atoms with Crippen molar-refractivity contribution in [2.24, 2.45) is 0 Å². The zero-order valence-electron chi connectivity index (χ0n) is 17.7. The van der Waals surface area contributed by atoms with Crippen LogP contribution in [-0.4, -0.2) is 36.4 Å². The highest BCUT2D eigenvalue weighted by molar-refractivity contribution is 7.18. The van der Waals surface area contributed by atoms with Crippen molar-refractivity contribution in [3.8, 4) is 22.9 Å². The molecule has 5 rings (SSSR count). The van der Waals surface area contributed by atoms with Crippen LogP contribution in [0.3, 0.4) is 0 Å². The van der Waals surface area contributed by atoms with Gasteiger partial charge in [0.2, 0.25) is 6.79 Å². The average molecular weight is 448 g/mol. The molecule has 1 aliphatic heterocycles. The molecule has 0 saturated carbocycles. The fraction of sp³-hybridized carbons (Fsp3) is 0.208. The van der Waals surface area contributed by atoms with Crippen LogP contribution < -0.4 is 14.8 Å². The van der Waals surface area contributed by atoms with Crippen molar-refractivity contribution >= 4 is 33.3 Å². The van der Waals surface area contributed by atoms with E-state index in [-0.39, 0.29) is 12.8 Å². The molecule has 2 aromatic heterocycles. The third-order valence-corrected chi connectivity index (χ3v) is 6.17. The van der Waals surface area contributed by atoms with Gasteiger partial charge >= 0.3 is 5.97 Å². The highest BCUT2D eigenvalue weighted by Crippen LogP contribution is 2.33. The molecule has 0 radical (unpaired) electrons. The van der Waals surface area contributed by atoms with Gasteiger partial charge in [-0.2, -0.15) is 0 Å². The van der Waals surface area contributed by atoms with Crippen LogP contribution in [0, 0.1) is 6.92 Å². The number of ether oxygens (including phenoxy) is 3. The molecule has 2 aromatic carbocycles. The molecule has 0 saturated heterocycles. The summed E-state index contributed by atoms with van der Waals surface area (Å²) < 4.78 is 15.6. The van der Waals surface area contributed by atoms with E-state index < -0.39 is 0 Å². The summed E-state index contributed by atoms with van der Waals surface area (Å²) in [6.45, 7) is 3.05. The lowest BCUT2D eigenvalue weighted by molar-refractivity contribution is 0.0600. The number of hydrogen-bond acceptors (Lipinski definition) is 8. The zero-order chi connectivity index (χ0) is 22.1. The number of carbonyl (C=O) groups is 1. The van der Waals surface area contributed by atoms with Gasteiger partial charge in [-0.15, -0.1) is 11.3 Å². The van der Waals surface area contributed by atoms with Gasteiger partial charge < -0.3 is 19.5 Å². The molecule has 0 aliphatic carbocycles. The number of fused-ring (bicyclic) bond motifs is 2. The topological polar surface area (TPSA) is 82.6 Å². The number of carbonyl (C=O) groups excluding carboxylic acids is 1. The highest BCUT2D eigenvalue weighted by atomic mass is 32.1. The normalized spacial score (nSPS) is 12.2. The molecule has 3 heterocycles. The summed E-state index contributed by atoms with van der Waals surface area (Å²) in [4.78, 5) is 23.4. The Hall–Kier alpha value is -3.65. The summed E-state index contributed by atoms with van der Waals surface area (Å²) in [6, 6.07) is 15.2. The third kappa shape index (κ3) is 3.97. The lowest BCUT2D eigenvalue weighted by Gasteiger charge is -2.10. The maximum Gasteiger partial charge on any atom is 0.337 e. The van der Waals surface area contributed by atoms with Gasteiger partial charge in [-0.1, -0.05) is 18.2 Å². The predicted molar refractivity (Wildman–Crippen MR) is 124 cm³/mol. The van der Waals surface area contributed by atoms with Crippen LogP contribution in [0.4, 0.5) is 5.82 Å². The van der Waals surface area contributed by atoms with Crippen molar-refractivity contribution in [2.45, 2.75) is 13.3 Å². The van der Waals surface area contributed by atoms with Crippen LogP contribution in [0.15, 0.2) is 48.5 Å². The Morgan fingerprint density at radius 2 is 1.91 bits per heavy atom. The van der Waals surface area contributed by atoms with E-state index >= 15 is 0 Å². The lowest BCUT2D eigenvalue weighted by Crippen LogP contribution is -2.08. The van der Waals surface area contributed by atoms with Crippen LogP contribution in [0.1, 0.15) is 20.8 Å². The fourth-order valence-electron chi connectivity index (χ4n) is 3.60. The first-order valence-electron chi connectivity index (χ1n) is 10.2. The maximum atomic E-state index is 11.7. The summed E-state index contributed by atoms with van der Waals surface area (Å²) in [6.07, 6.45) is 0.814. The number of thiophene rings is 1. The Bertz CT molecular complexity index is 1300. The summed E-state index contributed by atoms with van der Waals surface area (Å²) >= 11 is 1.63. The van der Waals surface area contributed by atoms with E-state index in [9.17, 15) is 4.79 Å². The summed E-state index contributed by atoms with van der Waals surface area (Å²) in [7, 11) is 1.37. The Kier molecular flexibility index (Phi) is 5.36. The minimum absolute atomic E-state index is 0.275. The number of nitrogens with one attached hydrogen (secondary N) is 1. The Labute approximate surface area is 189 Å². The molecule has 0 bridgehead atoms. The van der Waals surface area contributed by atoms with Crippen LogP contribution in [-0.2, 0) is 11.2 Å². The number of rotatable bonds is 6. The molecule has 0 unspecified atom stereocenters. The van der Waals surface area contributed by atoms with Crippen LogP contribution in [0.2, 0.25) is 0 Å². The fourth-order valence-corrected chi connectivity index (χ4v) is 4.48. The molecule has 162 valence electrons. The van der Waals surface area contributed by atoms with E-state index in [1.807, 2.05) is 30.3 Å². The molecule has 0 spiro atoms. The summed E-state index contributed by atoms with van der Waals surface area (Å²) in [5.74, 6) is 2.62. The molecule has 4 aromatic rings. The number of hydrogen-bond donors (Lipinski definition) is 1. The number of nitrogens with zero attached hydrogens (tertiary/aromatic N) is 2. The van der Waals surface area contributed by atoms with Crippen LogP contribution in [0.5, 0.6) is 11.5 Å². The van der Waals surface area contributed by atoms with Gasteiger partial charge in [-0.3, -0.25) is 0 Å². The zero-order valence-corrected chi connectivity index (χ0v) is 18.5. The van der Waals surface area contributed by atoms with E-state index in [4.69, 9.17) is 24.2 Å². The first-order chi connectivity index (χ1) is 15.6. The quantitative estimate of drug-likeness (QED) is 0.424. The van der Waals surface area contributed by atoms with Crippen molar-refractivity contribution in [1.82, 2.24) is 9.97 Å². The average Bonchev–Trinajstić information content (AvgIpc) is 3.43. The molecule has 0 atom stereocenters. The first-order valence-corrected chi connectivity index (χ1v) is 11.0. The SMILES string of the molecule is COC(=O)c1ccc(-c2nc(NCCc3ccc4c(c3)OCO4)c3cc(C)sc3n2)cc1. The predicted octanol–water partition coefficient (Wildman–Crippen LogP) is 4.84. The minimum atomic E-state index is -0.368. The summed E-state index contributed by atoms with van der Waals surface area (Å²) in [5, 5.41) is 4.48. The number of esters is 1. The Morgan fingerprint density at radius 3 is 2.72 bits per heavy atom. The van der Waals surface area contributed by atoms with Crippen molar-refractivity contribution in [3.63, 3.8) is 0 Å². The van der Waals surface area contributed by atoms with Crippen molar-refractivity contribution < 1.29 is 19.0 Å². The smallest absolute Gasteiger partial charge is 0.337 e. The van der Waals surface area contributed by atoms with E-state index in [0.29, 0.717) is 17.9 Å². The molecule has 32 heavy (non-hydrogen) atoms. The molecular formula is C24H21N3O4S. The van der Waals surface area contributed by atoms with Crippen LogP contribution in [0.25, 0.3) is 21.6 Å². The van der Waals surface area contributed by atoms with Crippen molar-refractivity contribution in [1.29, 1.82) is 0 Å². The highest BCUT2D eigenvalue weighted by Gasteiger charge is 2.15. The third-order valence-electron chi connectivity index (χ3n) is 5.22. The minimum Gasteiger partial charge on any atom is -0.465 e. The second-order valence-corrected chi connectivity index (χ2v) is 8.64. The monoisotopic (exact) mass is 447 g/mol. The van der Waals surface area contributed by atoms with Gasteiger partial charge in [-0.05, 0) is 49.2 Å². The van der Waals surface area contributed by atoms with E-state index in [1.54, 1.807) is 23.5 Å². The number of benzene rings is 2.